The zero-order valence-corrected chi connectivity index (χ0v) is 26.5. The molecule has 0 aliphatic heterocycles. The van der Waals surface area contributed by atoms with E-state index in [4.69, 9.17) is 9.47 Å². The van der Waals surface area contributed by atoms with E-state index in [2.05, 4.69) is 58.7 Å². The smallest absolute Gasteiger partial charge is 0.145 e. The molecule has 0 radical (unpaired) electrons. The number of hydrogen-bond donors (Lipinski definition) is 0. The Labute approximate surface area is 261 Å². The van der Waals surface area contributed by atoms with Gasteiger partial charge in [-0.1, -0.05) is 87.1 Å². The predicted molar refractivity (Wildman–Crippen MR) is 176 cm³/mol. The first kappa shape index (κ1) is 31.0. The summed E-state index contributed by atoms with van der Waals surface area (Å²) in [6.45, 7) is 4.51. The van der Waals surface area contributed by atoms with Crippen LogP contribution in [0.3, 0.4) is 0 Å². The Kier molecular flexibility index (Phi) is 10.8. The summed E-state index contributed by atoms with van der Waals surface area (Å²) >= 11 is 0. The lowest BCUT2D eigenvalue weighted by Crippen LogP contribution is -2.00. The highest BCUT2D eigenvalue weighted by Crippen LogP contribution is 2.34. The molecular weight excluding hydrogens is 548 g/mol. The van der Waals surface area contributed by atoms with Gasteiger partial charge >= 0.3 is 0 Å². The topological polar surface area (TPSA) is 79.9 Å². The molecule has 5 aromatic rings. The molecule has 5 rings (SSSR count). The Bertz CT molecular complexity index is 1630. The van der Waals surface area contributed by atoms with Gasteiger partial charge in [0.15, 0.2) is 0 Å². The third-order valence-corrected chi connectivity index (χ3v) is 8.17. The number of nitrogens with zero attached hydrogens (tertiary/aromatic N) is 6. The lowest BCUT2D eigenvalue weighted by molar-refractivity contribution is 0.411. The van der Waals surface area contributed by atoms with Crippen LogP contribution in [0.1, 0.15) is 76.3 Å². The molecule has 230 valence electrons. The quantitative estimate of drug-likeness (QED) is 0.107. The summed E-state index contributed by atoms with van der Waals surface area (Å²) in [6.07, 6.45) is 17.6. The normalized spacial score (nSPS) is 11.2. The standard InChI is InChI=1S/C36H44N6O2/c1-5-7-9-11-13-27-15-16-28(14-12-10-8-6-2)31(23-27)32-26-42(40-38-32)34-20-18-30(25-36(34)44-4)29-17-19-33(35(24-29)43-3)41-22-21-37-39-41/h15-26H,5-14H2,1-4H3. The summed E-state index contributed by atoms with van der Waals surface area (Å²) in [7, 11) is 3.34. The number of aromatic nitrogens is 6. The molecule has 0 aliphatic rings. The molecule has 0 amide bonds. The van der Waals surface area contributed by atoms with Crippen LogP contribution in [0.25, 0.3) is 33.8 Å². The molecule has 0 unspecified atom stereocenters. The maximum Gasteiger partial charge on any atom is 0.145 e. The van der Waals surface area contributed by atoms with Crippen molar-refractivity contribution in [1.82, 2.24) is 30.0 Å². The first-order chi connectivity index (χ1) is 21.6. The van der Waals surface area contributed by atoms with E-state index in [1.54, 1.807) is 31.3 Å². The average molecular weight is 593 g/mol. The number of aryl methyl sites for hydroxylation is 2. The molecule has 0 fully saturated rings. The van der Waals surface area contributed by atoms with Crippen LogP contribution in [-0.4, -0.2) is 44.2 Å². The van der Waals surface area contributed by atoms with Gasteiger partial charge in [-0.3, -0.25) is 0 Å². The number of methoxy groups -OCH3 is 2. The van der Waals surface area contributed by atoms with E-state index in [1.807, 2.05) is 41.2 Å². The summed E-state index contributed by atoms with van der Waals surface area (Å²) in [5, 5.41) is 17.2. The third kappa shape index (κ3) is 7.36. The van der Waals surface area contributed by atoms with Crippen molar-refractivity contribution in [2.45, 2.75) is 78.1 Å². The van der Waals surface area contributed by atoms with Gasteiger partial charge in [-0.25, -0.2) is 9.36 Å². The van der Waals surface area contributed by atoms with E-state index < -0.39 is 0 Å². The van der Waals surface area contributed by atoms with Crippen molar-refractivity contribution in [2.75, 3.05) is 14.2 Å². The van der Waals surface area contributed by atoms with Crippen LogP contribution in [0.2, 0.25) is 0 Å². The maximum absolute atomic E-state index is 5.86. The second-order valence-corrected chi connectivity index (χ2v) is 11.3. The van der Waals surface area contributed by atoms with Crippen LogP contribution in [0.5, 0.6) is 11.5 Å². The monoisotopic (exact) mass is 592 g/mol. The van der Waals surface area contributed by atoms with E-state index in [1.165, 1.54) is 68.1 Å². The van der Waals surface area contributed by atoms with Crippen LogP contribution in [0.15, 0.2) is 73.2 Å². The molecular formula is C36H44N6O2. The van der Waals surface area contributed by atoms with E-state index in [9.17, 15) is 0 Å². The van der Waals surface area contributed by atoms with Gasteiger partial charge in [-0.05, 0) is 78.3 Å². The molecule has 0 aliphatic carbocycles. The zero-order valence-electron chi connectivity index (χ0n) is 26.5. The van der Waals surface area contributed by atoms with Crippen LogP contribution < -0.4 is 9.47 Å². The molecule has 2 aromatic heterocycles. The number of benzene rings is 3. The summed E-state index contributed by atoms with van der Waals surface area (Å²) in [6, 6.07) is 19.1. The van der Waals surface area contributed by atoms with Gasteiger partial charge < -0.3 is 9.47 Å². The van der Waals surface area contributed by atoms with Crippen molar-refractivity contribution in [2.24, 2.45) is 0 Å². The second-order valence-electron chi connectivity index (χ2n) is 11.3. The van der Waals surface area contributed by atoms with Gasteiger partial charge in [0.2, 0.25) is 0 Å². The summed E-state index contributed by atoms with van der Waals surface area (Å²) in [5.74, 6) is 1.41. The van der Waals surface area contributed by atoms with E-state index >= 15 is 0 Å². The first-order valence-electron chi connectivity index (χ1n) is 15.9. The van der Waals surface area contributed by atoms with Crippen molar-refractivity contribution in [1.29, 1.82) is 0 Å². The van der Waals surface area contributed by atoms with E-state index in [0.29, 0.717) is 11.5 Å². The largest absolute Gasteiger partial charge is 0.494 e. The Hall–Kier alpha value is -4.46. The minimum Gasteiger partial charge on any atom is -0.494 e. The molecule has 0 N–H and O–H groups in total. The van der Waals surface area contributed by atoms with Crippen molar-refractivity contribution in [3.63, 3.8) is 0 Å². The van der Waals surface area contributed by atoms with Crippen LogP contribution in [0, 0.1) is 0 Å². The minimum atomic E-state index is 0.704. The number of ether oxygens (including phenoxy) is 2. The van der Waals surface area contributed by atoms with Crippen molar-refractivity contribution in [3.8, 4) is 45.3 Å². The predicted octanol–water partition coefficient (Wildman–Crippen LogP) is 8.44. The highest BCUT2D eigenvalue weighted by molar-refractivity contribution is 5.72. The highest BCUT2D eigenvalue weighted by atomic mass is 16.5. The van der Waals surface area contributed by atoms with Crippen LogP contribution in [-0.2, 0) is 12.8 Å². The highest BCUT2D eigenvalue weighted by Gasteiger charge is 2.16. The molecule has 0 spiro atoms. The number of hydrogen-bond acceptors (Lipinski definition) is 6. The lowest BCUT2D eigenvalue weighted by atomic mass is 9.95. The fraction of sp³-hybridized carbons (Fsp3) is 0.389. The molecule has 0 saturated heterocycles. The molecule has 2 heterocycles. The Balaban J connectivity index is 1.42. The van der Waals surface area contributed by atoms with Gasteiger partial charge in [0, 0.05) is 5.56 Å². The Morgan fingerprint density at radius 2 is 1.32 bits per heavy atom. The fourth-order valence-electron chi connectivity index (χ4n) is 5.67. The average Bonchev–Trinajstić information content (AvgIpc) is 3.78. The van der Waals surface area contributed by atoms with Crippen molar-refractivity contribution in [3.05, 3.63) is 84.3 Å². The van der Waals surface area contributed by atoms with Crippen molar-refractivity contribution < 1.29 is 9.47 Å². The molecule has 44 heavy (non-hydrogen) atoms. The Morgan fingerprint density at radius 3 is 1.93 bits per heavy atom. The van der Waals surface area contributed by atoms with Gasteiger partial charge in [-0.2, -0.15) is 0 Å². The van der Waals surface area contributed by atoms with Gasteiger partial charge in [0.1, 0.15) is 28.6 Å². The van der Waals surface area contributed by atoms with Crippen LogP contribution >= 0.6 is 0 Å². The molecule has 0 bridgehead atoms. The molecule has 0 atom stereocenters. The van der Waals surface area contributed by atoms with Crippen LogP contribution in [0.4, 0.5) is 0 Å². The molecule has 8 heteroatoms. The molecule has 8 nitrogen and oxygen atoms in total. The van der Waals surface area contributed by atoms with E-state index in [0.717, 1.165) is 41.0 Å². The van der Waals surface area contributed by atoms with Gasteiger partial charge in [0.25, 0.3) is 0 Å². The third-order valence-electron chi connectivity index (χ3n) is 8.17. The lowest BCUT2D eigenvalue weighted by Gasteiger charge is -2.13. The summed E-state index contributed by atoms with van der Waals surface area (Å²) in [5.41, 5.74) is 8.45. The number of unbranched alkanes of at least 4 members (excludes halogenated alkanes) is 6. The first-order valence-corrected chi connectivity index (χ1v) is 15.9. The van der Waals surface area contributed by atoms with Crippen molar-refractivity contribution >= 4 is 0 Å². The maximum atomic E-state index is 5.86. The minimum absolute atomic E-state index is 0.704. The Morgan fingerprint density at radius 1 is 0.659 bits per heavy atom. The van der Waals surface area contributed by atoms with Gasteiger partial charge in [-0.15, -0.1) is 10.2 Å². The molecule has 3 aromatic carbocycles. The molecule has 0 saturated carbocycles. The van der Waals surface area contributed by atoms with Gasteiger partial charge in [0.05, 0.1) is 32.8 Å². The summed E-state index contributed by atoms with van der Waals surface area (Å²) < 4.78 is 15.0. The second kappa shape index (κ2) is 15.3. The number of rotatable bonds is 16. The summed E-state index contributed by atoms with van der Waals surface area (Å²) in [4.78, 5) is 0. The van der Waals surface area contributed by atoms with E-state index in [-0.39, 0.29) is 0 Å². The SMILES string of the molecule is CCCCCCc1ccc(CCCCCC)c(-c2cn(-c3ccc(-c4ccc(-n5ccnn5)c(OC)c4)cc3OC)nn2)c1. The zero-order chi connectivity index (χ0) is 30.7. The fourth-order valence-corrected chi connectivity index (χ4v) is 5.67.